The predicted molar refractivity (Wildman–Crippen MR) is 106 cm³/mol. The van der Waals surface area contributed by atoms with Crippen molar-refractivity contribution in [1.82, 2.24) is 0 Å². The second-order valence-corrected chi connectivity index (χ2v) is 8.04. The van der Waals surface area contributed by atoms with Crippen LogP contribution in [0.3, 0.4) is 0 Å². The number of aliphatic hydroxyl groups is 2. The predicted octanol–water partition coefficient (Wildman–Crippen LogP) is 4.17. The van der Waals surface area contributed by atoms with Crippen molar-refractivity contribution >= 4 is 0 Å². The first-order chi connectivity index (χ1) is 13.4. The number of methoxy groups -OCH3 is 4. The van der Waals surface area contributed by atoms with Gasteiger partial charge in [0.1, 0.15) is 23.7 Å². The molecule has 0 saturated carbocycles. The van der Waals surface area contributed by atoms with E-state index in [1.165, 1.54) is 7.11 Å². The highest BCUT2D eigenvalue weighted by molar-refractivity contribution is 5.55. The van der Waals surface area contributed by atoms with Gasteiger partial charge in [0.25, 0.3) is 0 Å². The van der Waals surface area contributed by atoms with Crippen LogP contribution in [-0.4, -0.2) is 50.9 Å². The van der Waals surface area contributed by atoms with Crippen LogP contribution in [0.2, 0.25) is 0 Å². The van der Waals surface area contributed by atoms with Crippen LogP contribution in [-0.2, 0) is 18.9 Å². The molecule has 3 aliphatic carbocycles. The fourth-order valence-corrected chi connectivity index (χ4v) is 4.86. The van der Waals surface area contributed by atoms with Crippen LogP contribution in [0.4, 0.5) is 0 Å². The van der Waals surface area contributed by atoms with Crippen molar-refractivity contribution in [2.45, 2.75) is 45.3 Å². The first-order valence-electron chi connectivity index (χ1n) is 9.81. The minimum Gasteiger partial charge on any atom is -0.509 e. The third-order valence-corrected chi connectivity index (χ3v) is 6.46. The molecule has 0 aliphatic heterocycles. The molecule has 3 aliphatic rings. The lowest BCUT2D eigenvalue weighted by atomic mass is 9.68. The van der Waals surface area contributed by atoms with Crippen molar-refractivity contribution in [3.63, 3.8) is 0 Å². The van der Waals surface area contributed by atoms with E-state index in [0.717, 1.165) is 29.6 Å². The Hall–Kier alpha value is -1.92. The topological polar surface area (TPSA) is 77.4 Å². The molecule has 3 rings (SSSR count). The third kappa shape index (κ3) is 3.33. The SMILES string of the molecule is COC1=C(O)CC2C[C@H](C)[C@H](C)CC3=C(C2=C1OC)C(OC)C(OC)C(O)=C3. The average molecular weight is 392 g/mol. The highest BCUT2D eigenvalue weighted by Gasteiger charge is 2.44. The standard InChI is InChI=1S/C22H32O6/c1-11-7-13-9-15(23)19(25-3)21(27-5)17(13)18-14(8-12(11)2)10-16(24)20(26-4)22(18)28-6/h9,11-12,14,19,21,23-24H,7-8,10H2,1-6H3/t11-,12+,14?,19?,21?/m1/s1. The Kier molecular flexibility index (Phi) is 6.10. The summed E-state index contributed by atoms with van der Waals surface area (Å²) in [6, 6.07) is 0. The number of hydrogen-bond donors (Lipinski definition) is 2. The smallest absolute Gasteiger partial charge is 0.198 e. The molecule has 2 N–H and O–H groups in total. The van der Waals surface area contributed by atoms with Crippen molar-refractivity contribution < 1.29 is 29.2 Å². The number of fused-ring (bicyclic) bond motifs is 2. The Bertz CT molecular complexity index is 744. The summed E-state index contributed by atoms with van der Waals surface area (Å²) in [6.45, 7) is 4.47. The van der Waals surface area contributed by atoms with Gasteiger partial charge in [0.2, 0.25) is 0 Å². The zero-order chi connectivity index (χ0) is 20.6. The maximum atomic E-state index is 10.6. The summed E-state index contributed by atoms with van der Waals surface area (Å²) in [5, 5.41) is 21.2. The molecule has 0 spiro atoms. The fourth-order valence-electron chi connectivity index (χ4n) is 4.86. The Balaban J connectivity index is 2.32. The Morgan fingerprint density at radius 2 is 1.46 bits per heavy atom. The van der Waals surface area contributed by atoms with Crippen LogP contribution in [0, 0.1) is 17.8 Å². The highest BCUT2D eigenvalue weighted by Crippen LogP contribution is 2.49. The summed E-state index contributed by atoms with van der Waals surface area (Å²) in [7, 11) is 6.32. The van der Waals surface area contributed by atoms with Crippen molar-refractivity contribution in [2.24, 2.45) is 17.8 Å². The van der Waals surface area contributed by atoms with Gasteiger partial charge in [-0.15, -0.1) is 0 Å². The molecule has 28 heavy (non-hydrogen) atoms. The summed E-state index contributed by atoms with van der Waals surface area (Å²) in [5.74, 6) is 2.23. The first kappa shape index (κ1) is 20.8. The second-order valence-electron chi connectivity index (χ2n) is 8.04. The van der Waals surface area contributed by atoms with Crippen LogP contribution in [0.15, 0.2) is 45.8 Å². The molecule has 0 aromatic carbocycles. The maximum absolute atomic E-state index is 10.6. The molecule has 0 saturated heterocycles. The highest BCUT2D eigenvalue weighted by atomic mass is 16.5. The molecule has 0 fully saturated rings. The van der Waals surface area contributed by atoms with E-state index in [4.69, 9.17) is 18.9 Å². The number of aliphatic hydroxyl groups excluding tert-OH is 2. The average Bonchev–Trinajstić information content (AvgIpc) is 2.66. The van der Waals surface area contributed by atoms with E-state index in [2.05, 4.69) is 13.8 Å². The molecule has 0 aromatic heterocycles. The van der Waals surface area contributed by atoms with Gasteiger partial charge < -0.3 is 29.2 Å². The van der Waals surface area contributed by atoms with Gasteiger partial charge in [-0.3, -0.25) is 0 Å². The van der Waals surface area contributed by atoms with Gasteiger partial charge in [-0.05, 0) is 47.8 Å². The molecular formula is C22H32O6. The summed E-state index contributed by atoms with van der Waals surface area (Å²) in [4.78, 5) is 0. The maximum Gasteiger partial charge on any atom is 0.198 e. The van der Waals surface area contributed by atoms with Gasteiger partial charge in [0.05, 0.1) is 14.2 Å². The van der Waals surface area contributed by atoms with Gasteiger partial charge in [-0.25, -0.2) is 0 Å². The quantitative estimate of drug-likeness (QED) is 0.748. The number of ether oxygens (including phenoxy) is 4. The van der Waals surface area contributed by atoms with E-state index in [-0.39, 0.29) is 17.4 Å². The van der Waals surface area contributed by atoms with Gasteiger partial charge in [-0.1, -0.05) is 13.8 Å². The lowest BCUT2D eigenvalue weighted by molar-refractivity contribution is -0.0196. The third-order valence-electron chi connectivity index (χ3n) is 6.46. The molecular weight excluding hydrogens is 360 g/mol. The molecule has 0 radical (unpaired) electrons. The zero-order valence-electron chi connectivity index (χ0n) is 17.6. The lowest BCUT2D eigenvalue weighted by Crippen LogP contribution is -2.40. The Labute approximate surface area is 167 Å². The molecule has 6 nitrogen and oxygen atoms in total. The van der Waals surface area contributed by atoms with Crippen molar-refractivity contribution in [2.75, 3.05) is 28.4 Å². The van der Waals surface area contributed by atoms with E-state index in [0.29, 0.717) is 29.8 Å². The Morgan fingerprint density at radius 1 is 0.821 bits per heavy atom. The van der Waals surface area contributed by atoms with Crippen LogP contribution in [0.1, 0.15) is 33.1 Å². The molecule has 5 atom stereocenters. The van der Waals surface area contributed by atoms with Crippen molar-refractivity contribution in [3.05, 3.63) is 45.8 Å². The molecule has 0 bridgehead atoms. The normalized spacial score (nSPS) is 33.6. The zero-order valence-corrected chi connectivity index (χ0v) is 17.6. The van der Waals surface area contributed by atoms with Crippen LogP contribution >= 0.6 is 0 Å². The molecule has 0 amide bonds. The van der Waals surface area contributed by atoms with Crippen LogP contribution in [0.5, 0.6) is 0 Å². The number of rotatable bonds is 4. The number of allylic oxidation sites excluding steroid dienone is 3. The molecule has 156 valence electrons. The van der Waals surface area contributed by atoms with Crippen molar-refractivity contribution in [3.8, 4) is 0 Å². The second kappa shape index (κ2) is 8.21. The molecule has 0 heterocycles. The first-order valence-corrected chi connectivity index (χ1v) is 9.81. The lowest BCUT2D eigenvalue weighted by Gasteiger charge is -2.41. The molecule has 3 unspecified atom stereocenters. The minimum atomic E-state index is -0.590. The van der Waals surface area contributed by atoms with Gasteiger partial charge >= 0.3 is 0 Å². The Morgan fingerprint density at radius 3 is 2.04 bits per heavy atom. The van der Waals surface area contributed by atoms with E-state index in [1.807, 2.05) is 6.08 Å². The van der Waals surface area contributed by atoms with E-state index in [9.17, 15) is 10.2 Å². The summed E-state index contributed by atoms with van der Waals surface area (Å²) in [5.41, 5.74) is 3.00. The summed E-state index contributed by atoms with van der Waals surface area (Å²) in [6.07, 6.45) is 2.99. The van der Waals surface area contributed by atoms with E-state index in [1.54, 1.807) is 21.3 Å². The minimum absolute atomic E-state index is 0.0698. The monoisotopic (exact) mass is 392 g/mol. The van der Waals surface area contributed by atoms with Gasteiger partial charge in [-0.2, -0.15) is 0 Å². The largest absolute Gasteiger partial charge is 0.509 e. The van der Waals surface area contributed by atoms with E-state index < -0.39 is 12.2 Å². The summed E-state index contributed by atoms with van der Waals surface area (Å²) < 4.78 is 22.6. The molecule has 0 aromatic rings. The number of hydrogen-bond acceptors (Lipinski definition) is 6. The fraction of sp³-hybridized carbons (Fsp3) is 0.636. The van der Waals surface area contributed by atoms with Gasteiger partial charge in [0.15, 0.2) is 11.5 Å². The van der Waals surface area contributed by atoms with E-state index >= 15 is 0 Å². The van der Waals surface area contributed by atoms with Gasteiger partial charge in [0, 0.05) is 26.2 Å². The van der Waals surface area contributed by atoms with Crippen LogP contribution in [0.25, 0.3) is 0 Å². The molecule has 6 heteroatoms. The van der Waals surface area contributed by atoms with Crippen molar-refractivity contribution in [1.29, 1.82) is 0 Å². The van der Waals surface area contributed by atoms with Crippen LogP contribution < -0.4 is 0 Å². The summed E-state index contributed by atoms with van der Waals surface area (Å²) >= 11 is 0.